The molecule has 0 radical (unpaired) electrons. The summed E-state index contributed by atoms with van der Waals surface area (Å²) in [6, 6.07) is 5.30. The number of esters is 2. The maximum absolute atomic E-state index is 12.7. The van der Waals surface area contributed by atoms with Crippen molar-refractivity contribution >= 4 is 18.0 Å². The van der Waals surface area contributed by atoms with Crippen molar-refractivity contribution in [1.29, 1.82) is 0 Å². The highest BCUT2D eigenvalue weighted by molar-refractivity contribution is 6.17. The summed E-state index contributed by atoms with van der Waals surface area (Å²) in [6.07, 6.45) is 1.27. The second-order valence-corrected chi connectivity index (χ2v) is 3.09. The normalized spacial score (nSPS) is 9.35. The summed E-state index contributed by atoms with van der Waals surface area (Å²) < 4.78 is 21.6. The number of rotatable bonds is 3. The van der Waals surface area contributed by atoms with E-state index in [1.165, 1.54) is 30.3 Å². The number of hydrogen-bond acceptors (Lipinski definition) is 4. The zero-order valence-corrected chi connectivity index (χ0v) is 9.40. The minimum Gasteiger partial charge on any atom is -0.465 e. The summed E-state index contributed by atoms with van der Waals surface area (Å²) in [5.41, 5.74) is 0.249. The van der Waals surface area contributed by atoms with Crippen LogP contribution in [-0.4, -0.2) is 26.2 Å². The average molecular weight is 238 g/mol. The van der Waals surface area contributed by atoms with Gasteiger partial charge in [-0.1, -0.05) is 12.1 Å². The van der Waals surface area contributed by atoms with Gasteiger partial charge in [-0.2, -0.15) is 0 Å². The van der Waals surface area contributed by atoms with Crippen LogP contribution in [0.25, 0.3) is 6.08 Å². The molecule has 0 saturated carbocycles. The minimum absolute atomic E-state index is 0.249. The smallest absolute Gasteiger partial charge is 0.345 e. The SMILES string of the molecule is COC(=O)C(=Cc1ccc(F)cc1)C(=O)OC. The molecule has 0 aliphatic heterocycles. The maximum atomic E-state index is 12.7. The number of halogens is 1. The molecule has 0 fully saturated rings. The Morgan fingerprint density at radius 3 is 1.94 bits per heavy atom. The van der Waals surface area contributed by atoms with Gasteiger partial charge in [0.2, 0.25) is 0 Å². The molecule has 0 aromatic heterocycles. The van der Waals surface area contributed by atoms with Gasteiger partial charge in [-0.15, -0.1) is 0 Å². The summed E-state index contributed by atoms with van der Waals surface area (Å²) in [6.45, 7) is 0. The van der Waals surface area contributed by atoms with Gasteiger partial charge in [0.05, 0.1) is 14.2 Å². The van der Waals surface area contributed by atoms with Crippen LogP contribution in [0.15, 0.2) is 29.8 Å². The molecule has 1 aromatic carbocycles. The number of carbonyl (C=O) groups is 2. The molecule has 0 heterocycles. The highest BCUT2D eigenvalue weighted by atomic mass is 19.1. The molecule has 17 heavy (non-hydrogen) atoms. The van der Waals surface area contributed by atoms with Gasteiger partial charge in [-0.3, -0.25) is 0 Å². The van der Waals surface area contributed by atoms with E-state index in [-0.39, 0.29) is 5.57 Å². The molecule has 0 N–H and O–H groups in total. The van der Waals surface area contributed by atoms with E-state index in [0.29, 0.717) is 5.56 Å². The van der Waals surface area contributed by atoms with Crippen molar-refractivity contribution < 1.29 is 23.5 Å². The van der Waals surface area contributed by atoms with Gasteiger partial charge >= 0.3 is 11.9 Å². The lowest BCUT2D eigenvalue weighted by Crippen LogP contribution is -2.15. The zero-order valence-electron chi connectivity index (χ0n) is 9.40. The van der Waals surface area contributed by atoms with Crippen LogP contribution in [0, 0.1) is 5.82 Å². The summed E-state index contributed by atoms with van der Waals surface area (Å²) in [5.74, 6) is -2.01. The minimum atomic E-state index is -0.804. The van der Waals surface area contributed by atoms with Gasteiger partial charge in [0.15, 0.2) is 0 Å². The van der Waals surface area contributed by atoms with Gasteiger partial charge in [0.1, 0.15) is 11.4 Å². The number of hydrogen-bond donors (Lipinski definition) is 0. The Morgan fingerprint density at radius 1 is 1.06 bits per heavy atom. The lowest BCUT2D eigenvalue weighted by atomic mass is 10.1. The second-order valence-electron chi connectivity index (χ2n) is 3.09. The fourth-order valence-corrected chi connectivity index (χ4v) is 1.15. The fourth-order valence-electron chi connectivity index (χ4n) is 1.15. The molecule has 0 aliphatic rings. The maximum Gasteiger partial charge on any atom is 0.345 e. The first kappa shape index (κ1) is 12.9. The molecular weight excluding hydrogens is 227 g/mol. The molecule has 0 unspecified atom stereocenters. The van der Waals surface area contributed by atoms with E-state index in [1.54, 1.807) is 0 Å². The molecule has 0 spiro atoms. The van der Waals surface area contributed by atoms with E-state index >= 15 is 0 Å². The van der Waals surface area contributed by atoms with Crippen LogP contribution in [0.5, 0.6) is 0 Å². The van der Waals surface area contributed by atoms with Crippen LogP contribution < -0.4 is 0 Å². The Hall–Kier alpha value is -2.17. The summed E-state index contributed by atoms with van der Waals surface area (Å²) in [5, 5.41) is 0. The summed E-state index contributed by atoms with van der Waals surface area (Å²) >= 11 is 0. The van der Waals surface area contributed by atoms with Crippen molar-refractivity contribution in [3.8, 4) is 0 Å². The molecular formula is C12H11FO4. The van der Waals surface area contributed by atoms with E-state index in [9.17, 15) is 14.0 Å². The first-order chi connectivity index (χ1) is 8.08. The van der Waals surface area contributed by atoms with Gasteiger partial charge in [0.25, 0.3) is 0 Å². The van der Waals surface area contributed by atoms with Gasteiger partial charge in [-0.05, 0) is 23.8 Å². The molecule has 90 valence electrons. The summed E-state index contributed by atoms with van der Waals surface area (Å²) in [4.78, 5) is 22.6. The molecule has 0 atom stereocenters. The molecule has 4 nitrogen and oxygen atoms in total. The molecule has 1 aromatic rings. The summed E-state index contributed by atoms with van der Waals surface area (Å²) in [7, 11) is 2.31. The van der Waals surface area contributed by atoms with Crippen molar-refractivity contribution in [1.82, 2.24) is 0 Å². The third-order valence-corrected chi connectivity index (χ3v) is 1.99. The molecule has 1 rings (SSSR count). The van der Waals surface area contributed by atoms with Crippen LogP contribution in [0.1, 0.15) is 5.56 Å². The van der Waals surface area contributed by atoms with E-state index in [2.05, 4.69) is 9.47 Å². The Morgan fingerprint density at radius 2 is 1.53 bits per heavy atom. The van der Waals surface area contributed by atoms with Crippen molar-refractivity contribution in [3.05, 3.63) is 41.2 Å². The van der Waals surface area contributed by atoms with Crippen LogP contribution in [0.2, 0.25) is 0 Å². The predicted molar refractivity (Wildman–Crippen MR) is 58.4 cm³/mol. The van der Waals surface area contributed by atoms with Gasteiger partial charge < -0.3 is 9.47 Å². The largest absolute Gasteiger partial charge is 0.465 e. The van der Waals surface area contributed by atoms with Crippen molar-refractivity contribution in [2.45, 2.75) is 0 Å². The Balaban J connectivity index is 3.09. The van der Waals surface area contributed by atoms with Crippen LogP contribution in [0.3, 0.4) is 0 Å². The van der Waals surface area contributed by atoms with Crippen molar-refractivity contribution in [3.63, 3.8) is 0 Å². The number of benzene rings is 1. The van der Waals surface area contributed by atoms with Crippen LogP contribution >= 0.6 is 0 Å². The molecule has 5 heteroatoms. The lowest BCUT2D eigenvalue weighted by Gasteiger charge is -2.03. The highest BCUT2D eigenvalue weighted by Crippen LogP contribution is 2.10. The third-order valence-electron chi connectivity index (χ3n) is 1.99. The topological polar surface area (TPSA) is 52.6 Å². The number of ether oxygens (including phenoxy) is 2. The van der Waals surface area contributed by atoms with E-state index in [1.807, 2.05) is 0 Å². The predicted octanol–water partition coefficient (Wildman–Crippen LogP) is 1.56. The molecule has 0 amide bonds. The standard InChI is InChI=1S/C12H11FO4/c1-16-11(14)10(12(15)17-2)7-8-3-5-9(13)6-4-8/h3-7H,1-2H3. The van der Waals surface area contributed by atoms with E-state index in [4.69, 9.17) is 0 Å². The highest BCUT2D eigenvalue weighted by Gasteiger charge is 2.19. The first-order valence-electron chi connectivity index (χ1n) is 4.72. The number of methoxy groups -OCH3 is 2. The van der Waals surface area contributed by atoms with E-state index in [0.717, 1.165) is 14.2 Å². The molecule has 0 saturated heterocycles. The van der Waals surface area contributed by atoms with Gasteiger partial charge in [-0.25, -0.2) is 14.0 Å². The lowest BCUT2D eigenvalue weighted by molar-refractivity contribution is -0.143. The number of carbonyl (C=O) groups excluding carboxylic acids is 2. The fraction of sp³-hybridized carbons (Fsp3) is 0.167. The van der Waals surface area contributed by atoms with E-state index < -0.39 is 17.8 Å². The van der Waals surface area contributed by atoms with Crippen molar-refractivity contribution in [2.75, 3.05) is 14.2 Å². The quantitative estimate of drug-likeness (QED) is 0.347. The van der Waals surface area contributed by atoms with Gasteiger partial charge in [0, 0.05) is 0 Å². The Bertz CT molecular complexity index is 430. The third kappa shape index (κ3) is 3.41. The Labute approximate surface area is 97.6 Å². The molecule has 0 aliphatic carbocycles. The zero-order chi connectivity index (χ0) is 12.8. The average Bonchev–Trinajstić information content (AvgIpc) is 2.36. The van der Waals surface area contributed by atoms with Crippen LogP contribution in [-0.2, 0) is 19.1 Å². The van der Waals surface area contributed by atoms with Crippen molar-refractivity contribution in [2.24, 2.45) is 0 Å². The Kier molecular flexibility index (Phi) is 4.39. The molecule has 0 bridgehead atoms. The van der Waals surface area contributed by atoms with Crippen LogP contribution in [0.4, 0.5) is 4.39 Å². The first-order valence-corrected chi connectivity index (χ1v) is 4.72. The second kappa shape index (κ2) is 5.79. The monoisotopic (exact) mass is 238 g/mol.